The Kier molecular flexibility index (Phi) is 7.19. The molecule has 0 saturated heterocycles. The van der Waals surface area contributed by atoms with Gasteiger partial charge in [-0.15, -0.1) is 0 Å². The molecule has 0 spiro atoms. The number of imide groups is 1. The number of methoxy groups -OCH3 is 2. The van der Waals surface area contributed by atoms with Crippen molar-refractivity contribution < 1.29 is 23.9 Å². The number of carbonyl (C=O) groups excluding carboxylic acids is 3. The number of aryl methyl sites for hydroxylation is 1. The first-order chi connectivity index (χ1) is 17.2. The molecule has 3 amide bonds. The van der Waals surface area contributed by atoms with Gasteiger partial charge in [0.2, 0.25) is 0 Å². The Bertz CT molecular complexity index is 1420. The molecule has 2 N–H and O–H groups in total. The average Bonchev–Trinajstić information content (AvgIpc) is 3.08. The minimum atomic E-state index is -0.671. The lowest BCUT2D eigenvalue weighted by Crippen LogP contribution is -2.32. The Hall–Kier alpha value is -4.01. The lowest BCUT2D eigenvalue weighted by molar-refractivity contribution is -0.120. The molecule has 0 unspecified atom stereocenters. The highest BCUT2D eigenvalue weighted by Crippen LogP contribution is 2.34. The number of amides is 3. The van der Waals surface area contributed by atoms with E-state index in [1.807, 2.05) is 0 Å². The second-order valence-electron chi connectivity index (χ2n) is 7.79. The zero-order valence-corrected chi connectivity index (χ0v) is 21.0. The van der Waals surface area contributed by atoms with Crippen molar-refractivity contribution in [2.45, 2.75) is 6.92 Å². The van der Waals surface area contributed by atoms with E-state index in [1.54, 1.807) is 55.5 Å². The average molecular weight is 526 g/mol. The molecule has 0 bridgehead atoms. The summed E-state index contributed by atoms with van der Waals surface area (Å²) in [5.41, 5.74) is 2.07. The van der Waals surface area contributed by atoms with Crippen LogP contribution in [0.15, 0.2) is 71.4 Å². The minimum absolute atomic E-state index is 0.101. The molecule has 184 valence electrons. The summed E-state index contributed by atoms with van der Waals surface area (Å²) in [4.78, 5) is 39.8. The summed E-state index contributed by atoms with van der Waals surface area (Å²) in [6.07, 6.45) is 0. The zero-order chi connectivity index (χ0) is 26.0. The number of hydrogen-bond donors (Lipinski definition) is 2. The maximum absolute atomic E-state index is 13.1. The number of anilines is 3. The second-order valence-corrected chi connectivity index (χ2v) is 8.61. The van der Waals surface area contributed by atoms with Crippen molar-refractivity contribution in [3.8, 4) is 11.5 Å². The number of hydrogen-bond acceptors (Lipinski definition) is 6. The van der Waals surface area contributed by atoms with Gasteiger partial charge >= 0.3 is 0 Å². The van der Waals surface area contributed by atoms with Gasteiger partial charge in [-0.3, -0.25) is 14.4 Å². The predicted octanol–water partition coefficient (Wildman–Crippen LogP) is 5.35. The first kappa shape index (κ1) is 25.1. The SMILES string of the molecule is COc1ccc(NC(=O)c2cccc(NC3=C(Cl)C(=O)N(c4cc(Cl)ccc4C)C3=O)c2)c(OC)c1. The topological polar surface area (TPSA) is 97.0 Å². The number of halogens is 2. The van der Waals surface area contributed by atoms with Crippen LogP contribution in [-0.2, 0) is 9.59 Å². The molecule has 0 radical (unpaired) electrons. The molecule has 3 aromatic rings. The van der Waals surface area contributed by atoms with Gasteiger partial charge in [0.05, 0.1) is 25.6 Å². The van der Waals surface area contributed by atoms with Crippen LogP contribution in [0.1, 0.15) is 15.9 Å². The standard InChI is InChI=1S/C26H21Cl2N3O5/c1-14-7-8-16(27)12-20(14)31-25(33)22(28)23(26(31)34)29-17-6-4-5-15(11-17)24(32)30-19-10-9-18(35-2)13-21(19)36-3/h4-13,29H,1-3H3,(H,30,32). The molecule has 36 heavy (non-hydrogen) atoms. The van der Waals surface area contributed by atoms with E-state index in [0.29, 0.717) is 44.7 Å². The molecule has 0 fully saturated rings. The van der Waals surface area contributed by atoms with Crippen LogP contribution in [0.4, 0.5) is 17.1 Å². The van der Waals surface area contributed by atoms with Gasteiger partial charge in [-0.05, 0) is 55.0 Å². The summed E-state index contributed by atoms with van der Waals surface area (Å²) in [6.45, 7) is 1.76. The van der Waals surface area contributed by atoms with Crippen LogP contribution in [-0.4, -0.2) is 31.9 Å². The maximum atomic E-state index is 13.1. The molecule has 8 nitrogen and oxygen atoms in total. The van der Waals surface area contributed by atoms with E-state index < -0.39 is 17.7 Å². The van der Waals surface area contributed by atoms with E-state index >= 15 is 0 Å². The fourth-order valence-corrected chi connectivity index (χ4v) is 4.01. The summed E-state index contributed by atoms with van der Waals surface area (Å²) in [6, 6.07) is 16.3. The van der Waals surface area contributed by atoms with Gasteiger partial charge in [0, 0.05) is 22.3 Å². The quantitative estimate of drug-likeness (QED) is 0.403. The molecular formula is C26H21Cl2N3O5. The summed E-state index contributed by atoms with van der Waals surface area (Å²) in [7, 11) is 3.02. The molecule has 4 rings (SSSR count). The van der Waals surface area contributed by atoms with Crippen LogP contribution in [0.3, 0.4) is 0 Å². The number of nitrogens with zero attached hydrogens (tertiary/aromatic N) is 1. The Balaban J connectivity index is 1.56. The highest BCUT2D eigenvalue weighted by molar-refractivity contribution is 6.53. The predicted molar refractivity (Wildman–Crippen MR) is 139 cm³/mol. The fraction of sp³-hybridized carbons (Fsp3) is 0.115. The van der Waals surface area contributed by atoms with Crippen molar-refractivity contribution in [3.05, 3.63) is 87.5 Å². The van der Waals surface area contributed by atoms with Gasteiger partial charge in [-0.2, -0.15) is 0 Å². The molecule has 1 heterocycles. The number of benzene rings is 3. The number of carbonyl (C=O) groups is 3. The minimum Gasteiger partial charge on any atom is -0.497 e. The summed E-state index contributed by atoms with van der Waals surface area (Å²) >= 11 is 12.3. The fourth-order valence-electron chi connectivity index (χ4n) is 3.63. The van der Waals surface area contributed by atoms with Gasteiger partial charge in [0.25, 0.3) is 17.7 Å². The molecular weight excluding hydrogens is 505 g/mol. The van der Waals surface area contributed by atoms with Crippen LogP contribution >= 0.6 is 23.2 Å². The summed E-state index contributed by atoms with van der Waals surface area (Å²) in [5, 5.41) is 5.78. The highest BCUT2D eigenvalue weighted by Gasteiger charge is 2.39. The van der Waals surface area contributed by atoms with Crippen LogP contribution in [0.2, 0.25) is 5.02 Å². The van der Waals surface area contributed by atoms with Gasteiger partial charge < -0.3 is 20.1 Å². The van der Waals surface area contributed by atoms with E-state index in [-0.39, 0.29) is 10.7 Å². The molecule has 3 aromatic carbocycles. The molecule has 10 heteroatoms. The van der Waals surface area contributed by atoms with E-state index in [4.69, 9.17) is 32.7 Å². The van der Waals surface area contributed by atoms with Crippen molar-refractivity contribution in [1.29, 1.82) is 0 Å². The van der Waals surface area contributed by atoms with Gasteiger partial charge in [0.15, 0.2) is 0 Å². The molecule has 0 aliphatic carbocycles. The van der Waals surface area contributed by atoms with Gasteiger partial charge in [-0.1, -0.05) is 35.3 Å². The Morgan fingerprint density at radius 2 is 1.69 bits per heavy atom. The van der Waals surface area contributed by atoms with Crippen molar-refractivity contribution in [2.75, 3.05) is 29.8 Å². The van der Waals surface area contributed by atoms with E-state index in [9.17, 15) is 14.4 Å². The largest absolute Gasteiger partial charge is 0.497 e. The first-order valence-corrected chi connectivity index (χ1v) is 11.4. The van der Waals surface area contributed by atoms with E-state index in [1.165, 1.54) is 26.4 Å². The maximum Gasteiger partial charge on any atom is 0.283 e. The molecule has 0 atom stereocenters. The number of rotatable bonds is 7. The Labute approximate surface area is 217 Å². The van der Waals surface area contributed by atoms with Crippen LogP contribution < -0.4 is 25.0 Å². The summed E-state index contributed by atoms with van der Waals surface area (Å²) < 4.78 is 10.5. The summed E-state index contributed by atoms with van der Waals surface area (Å²) in [5.74, 6) is -0.699. The molecule has 1 aliphatic rings. The monoisotopic (exact) mass is 525 g/mol. The normalized spacial score (nSPS) is 13.2. The Morgan fingerprint density at radius 1 is 0.917 bits per heavy atom. The lowest BCUT2D eigenvalue weighted by atomic mass is 10.1. The van der Waals surface area contributed by atoms with Crippen LogP contribution in [0.25, 0.3) is 0 Å². The highest BCUT2D eigenvalue weighted by atomic mass is 35.5. The van der Waals surface area contributed by atoms with Gasteiger partial charge in [-0.25, -0.2) is 4.90 Å². The van der Waals surface area contributed by atoms with Crippen molar-refractivity contribution in [2.24, 2.45) is 0 Å². The number of ether oxygens (including phenoxy) is 2. The third-order valence-corrected chi connectivity index (χ3v) is 6.08. The van der Waals surface area contributed by atoms with Crippen LogP contribution in [0.5, 0.6) is 11.5 Å². The smallest absolute Gasteiger partial charge is 0.283 e. The molecule has 0 saturated carbocycles. The molecule has 1 aliphatic heterocycles. The third kappa shape index (κ3) is 4.86. The number of nitrogens with one attached hydrogen (secondary N) is 2. The van der Waals surface area contributed by atoms with Crippen molar-refractivity contribution in [3.63, 3.8) is 0 Å². The first-order valence-electron chi connectivity index (χ1n) is 10.7. The lowest BCUT2D eigenvalue weighted by Gasteiger charge is -2.18. The zero-order valence-electron chi connectivity index (χ0n) is 19.5. The third-order valence-electron chi connectivity index (χ3n) is 5.49. The molecule has 0 aromatic heterocycles. The Morgan fingerprint density at radius 3 is 2.42 bits per heavy atom. The van der Waals surface area contributed by atoms with Crippen molar-refractivity contribution in [1.82, 2.24) is 0 Å². The van der Waals surface area contributed by atoms with Crippen molar-refractivity contribution >= 4 is 58.0 Å². The van der Waals surface area contributed by atoms with E-state index in [2.05, 4.69) is 10.6 Å². The van der Waals surface area contributed by atoms with Gasteiger partial charge in [0.1, 0.15) is 22.2 Å². The van der Waals surface area contributed by atoms with E-state index in [0.717, 1.165) is 4.90 Å². The van der Waals surface area contributed by atoms with Crippen LogP contribution in [0, 0.1) is 6.92 Å². The second kappa shape index (κ2) is 10.3.